The highest BCUT2D eigenvalue weighted by atomic mass is 127. The van der Waals surface area contributed by atoms with Gasteiger partial charge in [-0.15, -0.1) is 24.0 Å². The highest BCUT2D eigenvalue weighted by Crippen LogP contribution is 2.40. The summed E-state index contributed by atoms with van der Waals surface area (Å²) in [4.78, 5) is 4.37. The van der Waals surface area contributed by atoms with Gasteiger partial charge in [-0.05, 0) is 35.8 Å². The van der Waals surface area contributed by atoms with Gasteiger partial charge in [0, 0.05) is 41.0 Å². The monoisotopic (exact) mass is 475 g/mol. The van der Waals surface area contributed by atoms with Gasteiger partial charge < -0.3 is 20.1 Å². The molecule has 0 spiro atoms. The predicted molar refractivity (Wildman–Crippen MR) is 118 cm³/mol. The smallest absolute Gasteiger partial charge is 0.191 e. The fourth-order valence-electron chi connectivity index (χ4n) is 3.56. The van der Waals surface area contributed by atoms with E-state index in [0.717, 1.165) is 32.1 Å². The Morgan fingerprint density at radius 2 is 1.69 bits per heavy atom. The molecule has 0 unspecified atom stereocenters. The number of hydrogen-bond donors (Lipinski definition) is 2. The van der Waals surface area contributed by atoms with E-state index in [4.69, 9.17) is 9.47 Å². The van der Waals surface area contributed by atoms with Crippen molar-refractivity contribution in [2.45, 2.75) is 45.3 Å². The normalized spacial score (nSPS) is 16.2. The predicted octanol–water partition coefficient (Wildman–Crippen LogP) is 3.71. The Morgan fingerprint density at radius 3 is 2.27 bits per heavy atom. The van der Waals surface area contributed by atoms with Crippen molar-refractivity contribution in [2.24, 2.45) is 10.4 Å². The van der Waals surface area contributed by atoms with Gasteiger partial charge in [-0.25, -0.2) is 0 Å². The summed E-state index contributed by atoms with van der Waals surface area (Å²) in [7, 11) is 5.33. The summed E-state index contributed by atoms with van der Waals surface area (Å²) in [6.07, 6.45) is 6.33. The van der Waals surface area contributed by atoms with Crippen molar-refractivity contribution in [2.75, 3.05) is 34.4 Å². The quantitative estimate of drug-likeness (QED) is 0.325. The fourth-order valence-corrected chi connectivity index (χ4v) is 3.56. The maximum Gasteiger partial charge on any atom is 0.191 e. The zero-order valence-electron chi connectivity index (χ0n) is 16.3. The molecule has 1 aromatic rings. The number of aliphatic imine (C=N–C) groups is 1. The number of methoxy groups -OCH3 is 2. The summed E-state index contributed by atoms with van der Waals surface area (Å²) in [6.45, 7) is 3.21. The third-order valence-corrected chi connectivity index (χ3v) is 5.15. The molecule has 6 heteroatoms. The Kier molecular flexibility index (Phi) is 11.2. The average molecular weight is 475 g/mol. The molecule has 0 radical (unpaired) electrons. The average Bonchev–Trinajstić information content (AvgIpc) is 3.11. The number of guanidine groups is 1. The second-order valence-electron chi connectivity index (χ2n) is 6.98. The van der Waals surface area contributed by atoms with Crippen LogP contribution in [0.2, 0.25) is 0 Å². The topological polar surface area (TPSA) is 54.9 Å². The Bertz CT molecular complexity index is 528. The van der Waals surface area contributed by atoms with Gasteiger partial charge in [0.2, 0.25) is 0 Å². The molecule has 0 heterocycles. The van der Waals surface area contributed by atoms with Crippen molar-refractivity contribution in [3.8, 4) is 0 Å². The van der Waals surface area contributed by atoms with Crippen molar-refractivity contribution >= 4 is 29.9 Å². The van der Waals surface area contributed by atoms with Crippen molar-refractivity contribution in [3.05, 3.63) is 35.4 Å². The van der Waals surface area contributed by atoms with Crippen LogP contribution in [0.3, 0.4) is 0 Å². The summed E-state index contributed by atoms with van der Waals surface area (Å²) in [5, 5.41) is 6.94. The van der Waals surface area contributed by atoms with E-state index in [9.17, 15) is 0 Å². The third-order valence-electron chi connectivity index (χ3n) is 5.15. The van der Waals surface area contributed by atoms with Crippen molar-refractivity contribution in [1.82, 2.24) is 10.6 Å². The lowest BCUT2D eigenvalue weighted by Crippen LogP contribution is -2.43. The van der Waals surface area contributed by atoms with Gasteiger partial charge in [0.1, 0.15) is 0 Å². The van der Waals surface area contributed by atoms with Crippen LogP contribution in [0.5, 0.6) is 0 Å². The number of rotatable bonds is 9. The van der Waals surface area contributed by atoms with E-state index >= 15 is 0 Å². The maximum atomic E-state index is 5.31. The summed E-state index contributed by atoms with van der Waals surface area (Å²) in [5.74, 6) is 0.865. The molecular weight excluding hydrogens is 441 g/mol. The van der Waals surface area contributed by atoms with Crippen LogP contribution >= 0.6 is 24.0 Å². The van der Waals surface area contributed by atoms with Gasteiger partial charge in [-0.1, -0.05) is 37.1 Å². The number of nitrogens with one attached hydrogen (secondary N) is 2. The van der Waals surface area contributed by atoms with Gasteiger partial charge in [0.25, 0.3) is 0 Å². The third kappa shape index (κ3) is 7.40. The van der Waals surface area contributed by atoms with Gasteiger partial charge in [-0.3, -0.25) is 4.99 Å². The van der Waals surface area contributed by atoms with E-state index in [-0.39, 0.29) is 24.0 Å². The summed E-state index contributed by atoms with van der Waals surface area (Å²) >= 11 is 0. The van der Waals surface area contributed by atoms with E-state index in [1.165, 1.54) is 36.8 Å². The molecule has 0 aromatic heterocycles. The molecule has 0 aliphatic heterocycles. The Balaban J connectivity index is 0.00000338. The van der Waals surface area contributed by atoms with Gasteiger partial charge in [-0.2, -0.15) is 0 Å². The molecule has 5 nitrogen and oxygen atoms in total. The molecule has 1 aliphatic carbocycles. The molecule has 1 fully saturated rings. The molecule has 1 aliphatic rings. The first kappa shape index (κ1) is 23.2. The minimum atomic E-state index is 0. The summed E-state index contributed by atoms with van der Waals surface area (Å²) in [6, 6.07) is 8.47. The van der Waals surface area contributed by atoms with Crippen molar-refractivity contribution < 1.29 is 9.47 Å². The van der Waals surface area contributed by atoms with E-state index in [2.05, 4.69) is 39.9 Å². The lowest BCUT2D eigenvalue weighted by Gasteiger charge is -2.30. The lowest BCUT2D eigenvalue weighted by atomic mass is 9.83. The molecular formula is C20H34IN3O2. The maximum absolute atomic E-state index is 5.31. The zero-order chi connectivity index (χ0) is 18.0. The standard InChI is InChI=1S/C20H33N3O2.HI/c1-21-19(22-14-17-6-8-18(9-7-17)15-25-3)23-16-20(12-13-24-2)10-4-5-11-20;/h6-9H,4-5,10-16H2,1-3H3,(H2,21,22,23);1H. The molecule has 0 atom stereocenters. The molecule has 2 rings (SSSR count). The second-order valence-corrected chi connectivity index (χ2v) is 6.98. The molecule has 2 N–H and O–H groups in total. The minimum absolute atomic E-state index is 0. The number of halogens is 1. The Labute approximate surface area is 175 Å². The Hall–Kier alpha value is -0.860. The van der Waals surface area contributed by atoms with Crippen LogP contribution in [0.1, 0.15) is 43.2 Å². The number of benzene rings is 1. The highest BCUT2D eigenvalue weighted by molar-refractivity contribution is 14.0. The van der Waals surface area contributed by atoms with E-state index in [0.29, 0.717) is 12.0 Å². The van der Waals surface area contributed by atoms with Crippen molar-refractivity contribution in [1.29, 1.82) is 0 Å². The first-order valence-electron chi connectivity index (χ1n) is 9.21. The van der Waals surface area contributed by atoms with Gasteiger partial charge in [0.05, 0.1) is 6.61 Å². The van der Waals surface area contributed by atoms with Crippen molar-refractivity contribution in [3.63, 3.8) is 0 Å². The van der Waals surface area contributed by atoms with E-state index in [1.807, 2.05) is 7.05 Å². The van der Waals surface area contributed by atoms with E-state index in [1.54, 1.807) is 14.2 Å². The van der Waals surface area contributed by atoms with Gasteiger partial charge in [0.15, 0.2) is 5.96 Å². The fraction of sp³-hybridized carbons (Fsp3) is 0.650. The molecule has 1 aromatic carbocycles. The van der Waals surface area contributed by atoms with Crippen LogP contribution < -0.4 is 10.6 Å². The first-order chi connectivity index (χ1) is 12.2. The highest BCUT2D eigenvalue weighted by Gasteiger charge is 2.33. The van der Waals surface area contributed by atoms with Gasteiger partial charge >= 0.3 is 0 Å². The summed E-state index contributed by atoms with van der Waals surface area (Å²) < 4.78 is 10.5. The molecule has 0 bridgehead atoms. The zero-order valence-corrected chi connectivity index (χ0v) is 18.7. The van der Waals surface area contributed by atoms with Crippen LogP contribution in [0.15, 0.2) is 29.3 Å². The minimum Gasteiger partial charge on any atom is -0.385 e. The number of ether oxygens (including phenoxy) is 2. The first-order valence-corrected chi connectivity index (χ1v) is 9.21. The molecule has 26 heavy (non-hydrogen) atoms. The molecule has 0 amide bonds. The van der Waals surface area contributed by atoms with Crippen LogP contribution in [0.25, 0.3) is 0 Å². The van der Waals surface area contributed by atoms with Crippen LogP contribution in [-0.2, 0) is 22.6 Å². The Morgan fingerprint density at radius 1 is 1.04 bits per heavy atom. The second kappa shape index (κ2) is 12.5. The lowest BCUT2D eigenvalue weighted by molar-refractivity contribution is 0.138. The van der Waals surface area contributed by atoms with Crippen LogP contribution in [-0.4, -0.2) is 40.4 Å². The largest absolute Gasteiger partial charge is 0.385 e. The molecule has 148 valence electrons. The SMILES string of the molecule is CN=C(NCc1ccc(COC)cc1)NCC1(CCOC)CCCC1.I. The van der Waals surface area contributed by atoms with Crippen LogP contribution in [0.4, 0.5) is 0 Å². The number of hydrogen-bond acceptors (Lipinski definition) is 3. The molecule has 0 saturated heterocycles. The van der Waals surface area contributed by atoms with E-state index < -0.39 is 0 Å². The summed E-state index contributed by atoms with van der Waals surface area (Å²) in [5.41, 5.74) is 2.78. The van der Waals surface area contributed by atoms with Crippen LogP contribution in [0, 0.1) is 5.41 Å². The molecule has 1 saturated carbocycles. The number of nitrogens with zero attached hydrogens (tertiary/aromatic N) is 1.